The second kappa shape index (κ2) is 5.27. The van der Waals surface area contributed by atoms with E-state index in [1.54, 1.807) is 0 Å². The van der Waals surface area contributed by atoms with Crippen LogP contribution in [0.3, 0.4) is 0 Å². The molecule has 19 heavy (non-hydrogen) atoms. The van der Waals surface area contributed by atoms with Crippen LogP contribution in [0, 0.1) is 5.92 Å². The minimum Gasteiger partial charge on any atom is -0.478 e. The number of carboxylic acid groups (broad SMARTS) is 1. The number of hydrogen-bond acceptors (Lipinski definition) is 2. The zero-order valence-corrected chi connectivity index (χ0v) is 11.5. The summed E-state index contributed by atoms with van der Waals surface area (Å²) >= 11 is 11.8. The van der Waals surface area contributed by atoms with E-state index in [0.717, 1.165) is 6.42 Å². The monoisotopic (exact) mass is 302 g/mol. The van der Waals surface area contributed by atoms with Crippen molar-refractivity contribution in [3.63, 3.8) is 0 Å². The van der Waals surface area contributed by atoms with Crippen LogP contribution in [0.15, 0.2) is 12.1 Å². The van der Waals surface area contributed by atoms with E-state index in [1.165, 1.54) is 12.1 Å². The molecule has 0 saturated heterocycles. The molecule has 2 rings (SSSR count). The molecule has 1 fully saturated rings. The van der Waals surface area contributed by atoms with Crippen LogP contribution >= 0.6 is 23.2 Å². The summed E-state index contributed by atoms with van der Waals surface area (Å²) in [5, 5.41) is 14.3. The third-order valence-corrected chi connectivity index (χ3v) is 3.55. The van der Waals surface area contributed by atoms with Gasteiger partial charge in [0.1, 0.15) is 0 Å². The molecule has 5 nitrogen and oxygen atoms in total. The Labute approximate surface area is 119 Å². The van der Waals surface area contributed by atoms with E-state index in [1.807, 2.05) is 6.92 Å². The average molecular weight is 303 g/mol. The van der Waals surface area contributed by atoms with Gasteiger partial charge in [0.25, 0.3) is 0 Å². The number of hydrogen-bond donors (Lipinski definition) is 3. The van der Waals surface area contributed by atoms with E-state index in [-0.39, 0.29) is 27.3 Å². The van der Waals surface area contributed by atoms with Gasteiger partial charge in [-0.1, -0.05) is 30.1 Å². The summed E-state index contributed by atoms with van der Waals surface area (Å²) in [7, 11) is 0. The number of benzene rings is 1. The lowest BCUT2D eigenvalue weighted by atomic mass is 10.2. The van der Waals surface area contributed by atoms with Gasteiger partial charge in [-0.05, 0) is 24.5 Å². The Morgan fingerprint density at radius 1 is 1.32 bits per heavy atom. The first-order valence-corrected chi connectivity index (χ1v) is 6.44. The van der Waals surface area contributed by atoms with Gasteiger partial charge in [0.05, 0.1) is 21.3 Å². The van der Waals surface area contributed by atoms with E-state index in [4.69, 9.17) is 28.3 Å². The minimum absolute atomic E-state index is 0.0308. The lowest BCUT2D eigenvalue weighted by Gasteiger charge is -2.11. The summed E-state index contributed by atoms with van der Waals surface area (Å²) in [4.78, 5) is 22.5. The molecule has 1 aliphatic carbocycles. The normalized spacial score (nSPS) is 20.8. The molecule has 1 aliphatic rings. The van der Waals surface area contributed by atoms with Gasteiger partial charge in [0, 0.05) is 6.04 Å². The first-order chi connectivity index (χ1) is 8.88. The Kier molecular flexibility index (Phi) is 3.87. The molecular weight excluding hydrogens is 291 g/mol. The van der Waals surface area contributed by atoms with E-state index in [9.17, 15) is 9.59 Å². The summed E-state index contributed by atoms with van der Waals surface area (Å²) in [5.74, 6) is -0.655. The van der Waals surface area contributed by atoms with Gasteiger partial charge in [-0.25, -0.2) is 9.59 Å². The predicted octanol–water partition coefficient (Wildman–Crippen LogP) is 3.22. The molecule has 2 atom stereocenters. The van der Waals surface area contributed by atoms with E-state index < -0.39 is 12.0 Å². The van der Waals surface area contributed by atoms with Gasteiger partial charge in [0.15, 0.2) is 0 Å². The Hall–Kier alpha value is -1.46. The highest BCUT2D eigenvalue weighted by atomic mass is 35.5. The number of anilines is 1. The largest absolute Gasteiger partial charge is 0.478 e. The second-order valence-electron chi connectivity index (χ2n) is 4.54. The van der Waals surface area contributed by atoms with Crippen molar-refractivity contribution in [3.05, 3.63) is 27.7 Å². The average Bonchev–Trinajstić information content (AvgIpc) is 2.98. The maximum absolute atomic E-state index is 11.7. The standard InChI is InChI=1S/C12H12Cl2N2O3/c1-5-2-9(5)15-12(19)16-10-7(13)3-6(11(17)18)4-8(10)14/h3-5,9H,2H2,1H3,(H,17,18)(H2,15,16,19). The molecule has 0 bridgehead atoms. The summed E-state index contributed by atoms with van der Waals surface area (Å²) in [6.07, 6.45) is 0.951. The third-order valence-electron chi connectivity index (χ3n) is 2.95. The summed E-state index contributed by atoms with van der Waals surface area (Å²) < 4.78 is 0. The maximum atomic E-state index is 11.7. The molecule has 2 unspecified atom stereocenters. The van der Waals surface area contributed by atoms with Gasteiger partial charge in [-0.2, -0.15) is 0 Å². The topological polar surface area (TPSA) is 78.4 Å². The molecular formula is C12H12Cl2N2O3. The van der Waals surface area contributed by atoms with Gasteiger partial charge < -0.3 is 15.7 Å². The van der Waals surface area contributed by atoms with Crippen molar-refractivity contribution in [1.82, 2.24) is 5.32 Å². The second-order valence-corrected chi connectivity index (χ2v) is 5.35. The first kappa shape index (κ1) is 14.0. The molecule has 7 heteroatoms. The SMILES string of the molecule is CC1CC1NC(=O)Nc1c(Cl)cc(C(=O)O)cc1Cl. The molecule has 1 aromatic carbocycles. The summed E-state index contributed by atoms with van der Waals surface area (Å²) in [5.41, 5.74) is 0.177. The molecule has 1 aromatic rings. The number of amides is 2. The Balaban J connectivity index is 2.11. The molecule has 0 spiro atoms. The fraction of sp³-hybridized carbons (Fsp3) is 0.333. The third kappa shape index (κ3) is 3.30. The van der Waals surface area contributed by atoms with Crippen molar-refractivity contribution in [1.29, 1.82) is 0 Å². The van der Waals surface area contributed by atoms with Gasteiger partial charge in [-0.3, -0.25) is 0 Å². The van der Waals surface area contributed by atoms with Crippen molar-refractivity contribution in [2.75, 3.05) is 5.32 Å². The zero-order valence-electron chi connectivity index (χ0n) is 10.0. The Morgan fingerprint density at radius 2 is 1.84 bits per heavy atom. The number of nitrogens with one attached hydrogen (secondary N) is 2. The van der Waals surface area contributed by atoms with Crippen LogP contribution in [0.4, 0.5) is 10.5 Å². The van der Waals surface area contributed by atoms with Crippen LogP contribution in [0.5, 0.6) is 0 Å². The number of carbonyl (C=O) groups is 2. The van der Waals surface area contributed by atoms with Crippen molar-refractivity contribution >= 4 is 40.9 Å². The van der Waals surface area contributed by atoms with Crippen LogP contribution in [0.1, 0.15) is 23.7 Å². The predicted molar refractivity (Wildman–Crippen MR) is 73.1 cm³/mol. The lowest BCUT2D eigenvalue weighted by Crippen LogP contribution is -2.31. The summed E-state index contributed by atoms with van der Waals surface area (Å²) in [6.45, 7) is 2.03. The zero-order chi connectivity index (χ0) is 14.2. The minimum atomic E-state index is -1.13. The van der Waals surface area contributed by atoms with Gasteiger partial charge in [-0.15, -0.1) is 0 Å². The van der Waals surface area contributed by atoms with Gasteiger partial charge in [0.2, 0.25) is 0 Å². The van der Waals surface area contributed by atoms with Crippen molar-refractivity contribution in [2.45, 2.75) is 19.4 Å². The van der Waals surface area contributed by atoms with Crippen molar-refractivity contribution in [3.8, 4) is 0 Å². The van der Waals surface area contributed by atoms with E-state index in [0.29, 0.717) is 5.92 Å². The number of carboxylic acids is 1. The Bertz CT molecular complexity index is 525. The van der Waals surface area contributed by atoms with Crippen LogP contribution in [-0.2, 0) is 0 Å². The Morgan fingerprint density at radius 3 is 2.26 bits per heavy atom. The molecule has 0 aromatic heterocycles. The van der Waals surface area contributed by atoms with Crippen LogP contribution in [-0.4, -0.2) is 23.1 Å². The van der Waals surface area contributed by atoms with Crippen LogP contribution < -0.4 is 10.6 Å². The van der Waals surface area contributed by atoms with E-state index in [2.05, 4.69) is 10.6 Å². The number of urea groups is 1. The molecule has 0 aliphatic heterocycles. The molecule has 0 heterocycles. The number of rotatable bonds is 3. The molecule has 0 radical (unpaired) electrons. The molecule has 1 saturated carbocycles. The van der Waals surface area contributed by atoms with Gasteiger partial charge >= 0.3 is 12.0 Å². The van der Waals surface area contributed by atoms with E-state index >= 15 is 0 Å². The lowest BCUT2D eigenvalue weighted by molar-refractivity contribution is 0.0697. The van der Waals surface area contributed by atoms with Crippen molar-refractivity contribution in [2.24, 2.45) is 5.92 Å². The fourth-order valence-electron chi connectivity index (χ4n) is 1.66. The number of halogens is 2. The highest BCUT2D eigenvalue weighted by molar-refractivity contribution is 6.40. The molecule has 102 valence electrons. The highest BCUT2D eigenvalue weighted by Gasteiger charge is 2.34. The quantitative estimate of drug-likeness (QED) is 0.802. The van der Waals surface area contributed by atoms with Crippen molar-refractivity contribution < 1.29 is 14.7 Å². The maximum Gasteiger partial charge on any atom is 0.335 e. The number of carbonyl (C=O) groups excluding carboxylic acids is 1. The van der Waals surface area contributed by atoms with Crippen LogP contribution in [0.25, 0.3) is 0 Å². The highest BCUT2D eigenvalue weighted by Crippen LogP contribution is 2.33. The molecule has 3 N–H and O–H groups in total. The smallest absolute Gasteiger partial charge is 0.335 e. The molecule has 2 amide bonds. The summed E-state index contributed by atoms with van der Waals surface area (Å²) in [6, 6.07) is 2.26. The fourth-order valence-corrected chi connectivity index (χ4v) is 2.24. The van der Waals surface area contributed by atoms with Crippen LogP contribution in [0.2, 0.25) is 10.0 Å². The first-order valence-electron chi connectivity index (χ1n) is 5.68. The number of aromatic carboxylic acids is 1.